The Labute approximate surface area is 170 Å². The number of pyridine rings is 1. The third-order valence-electron chi connectivity index (χ3n) is 5.83. The zero-order valence-electron chi connectivity index (χ0n) is 15.8. The van der Waals surface area contributed by atoms with Gasteiger partial charge < -0.3 is 9.80 Å². The molecule has 0 radical (unpaired) electrons. The number of piperidine rings is 2. The first-order chi connectivity index (χ1) is 13.6. The lowest BCUT2D eigenvalue weighted by atomic mass is 9.83. The zero-order chi connectivity index (χ0) is 19.5. The van der Waals surface area contributed by atoms with Crippen molar-refractivity contribution in [1.82, 2.24) is 14.8 Å². The van der Waals surface area contributed by atoms with Crippen molar-refractivity contribution in [2.75, 3.05) is 19.6 Å². The lowest BCUT2D eigenvalue weighted by Crippen LogP contribution is -2.57. The third kappa shape index (κ3) is 4.04. The fourth-order valence-electron chi connectivity index (χ4n) is 4.43. The predicted octanol–water partition coefficient (Wildman–Crippen LogP) is 3.43. The van der Waals surface area contributed by atoms with E-state index in [0.717, 1.165) is 31.4 Å². The zero-order valence-corrected chi connectivity index (χ0v) is 16.5. The van der Waals surface area contributed by atoms with Gasteiger partial charge >= 0.3 is 0 Å². The Morgan fingerprint density at radius 2 is 1.89 bits per heavy atom. The molecule has 0 saturated carbocycles. The van der Waals surface area contributed by atoms with E-state index in [1.807, 2.05) is 46.2 Å². The van der Waals surface area contributed by atoms with Gasteiger partial charge in [0, 0.05) is 36.9 Å². The number of aromatic nitrogens is 1. The Morgan fingerprint density at radius 1 is 1.07 bits per heavy atom. The molecular formula is C22H24ClN3O2. The molecule has 0 aliphatic carbocycles. The molecule has 0 unspecified atom stereocenters. The van der Waals surface area contributed by atoms with Gasteiger partial charge in [0.05, 0.1) is 6.42 Å². The lowest BCUT2D eigenvalue weighted by molar-refractivity contribution is -0.137. The number of carbonyl (C=O) groups excluding carboxylic acids is 2. The average molecular weight is 398 g/mol. The Morgan fingerprint density at radius 3 is 2.64 bits per heavy atom. The second-order valence-corrected chi connectivity index (χ2v) is 8.05. The van der Waals surface area contributed by atoms with Gasteiger partial charge in [0.2, 0.25) is 5.91 Å². The molecule has 2 aliphatic heterocycles. The normalized spacial score (nSPS) is 21.9. The summed E-state index contributed by atoms with van der Waals surface area (Å²) < 4.78 is 0. The van der Waals surface area contributed by atoms with Crippen molar-refractivity contribution >= 4 is 23.4 Å². The van der Waals surface area contributed by atoms with E-state index in [4.69, 9.17) is 11.6 Å². The molecule has 3 heterocycles. The molecule has 28 heavy (non-hydrogen) atoms. The van der Waals surface area contributed by atoms with Gasteiger partial charge in [0.1, 0.15) is 5.69 Å². The molecule has 1 aromatic carbocycles. The highest BCUT2D eigenvalue weighted by Gasteiger charge is 2.39. The molecule has 0 spiro atoms. The first-order valence-electron chi connectivity index (χ1n) is 9.86. The largest absolute Gasteiger partial charge is 0.339 e. The molecule has 2 fully saturated rings. The monoisotopic (exact) mass is 397 g/mol. The van der Waals surface area contributed by atoms with Crippen LogP contribution in [0.2, 0.25) is 5.02 Å². The number of rotatable bonds is 3. The number of carbonyl (C=O) groups is 2. The number of hydrogen-bond donors (Lipinski definition) is 0. The van der Waals surface area contributed by atoms with E-state index in [-0.39, 0.29) is 17.9 Å². The summed E-state index contributed by atoms with van der Waals surface area (Å²) in [5, 5.41) is 0.680. The molecule has 6 heteroatoms. The minimum absolute atomic E-state index is 0.0105. The van der Waals surface area contributed by atoms with Crippen LogP contribution in [0.3, 0.4) is 0 Å². The molecule has 0 N–H and O–H groups in total. The average Bonchev–Trinajstić information content (AvgIpc) is 2.74. The first kappa shape index (κ1) is 18.9. The van der Waals surface area contributed by atoms with Gasteiger partial charge in [-0.3, -0.25) is 14.6 Å². The Balaban J connectivity index is 1.41. The van der Waals surface area contributed by atoms with Gasteiger partial charge in [-0.15, -0.1) is 0 Å². The van der Waals surface area contributed by atoms with Crippen molar-refractivity contribution in [2.45, 2.75) is 31.7 Å². The molecule has 0 bridgehead atoms. The van der Waals surface area contributed by atoms with Crippen LogP contribution < -0.4 is 0 Å². The number of amides is 2. The second-order valence-electron chi connectivity index (χ2n) is 7.61. The molecule has 2 aromatic rings. The van der Waals surface area contributed by atoms with Crippen LogP contribution in [0.15, 0.2) is 48.7 Å². The maximum absolute atomic E-state index is 12.9. The van der Waals surface area contributed by atoms with Crippen molar-refractivity contribution in [1.29, 1.82) is 0 Å². The number of halogens is 1. The van der Waals surface area contributed by atoms with Crippen LogP contribution in [-0.2, 0) is 11.2 Å². The molecule has 146 valence electrons. The summed E-state index contributed by atoms with van der Waals surface area (Å²) in [7, 11) is 0. The summed E-state index contributed by atoms with van der Waals surface area (Å²) in [5.41, 5.74) is 1.48. The van der Waals surface area contributed by atoms with Gasteiger partial charge in [-0.1, -0.05) is 29.8 Å². The van der Waals surface area contributed by atoms with E-state index in [2.05, 4.69) is 4.98 Å². The fraction of sp³-hybridized carbons (Fsp3) is 0.409. The van der Waals surface area contributed by atoms with Crippen LogP contribution in [0.1, 0.15) is 35.3 Å². The Hall–Kier alpha value is -2.40. The SMILES string of the molecule is O=C(c1ccccn1)N1CC[C@H]2[C@H](CCCN2C(=O)Cc2ccc(Cl)cc2)C1. The van der Waals surface area contributed by atoms with Crippen molar-refractivity contribution in [3.8, 4) is 0 Å². The van der Waals surface area contributed by atoms with E-state index in [0.29, 0.717) is 36.1 Å². The van der Waals surface area contributed by atoms with Gasteiger partial charge in [-0.2, -0.15) is 0 Å². The molecule has 4 rings (SSSR count). The maximum atomic E-state index is 12.9. The summed E-state index contributed by atoms with van der Waals surface area (Å²) >= 11 is 5.94. The van der Waals surface area contributed by atoms with Gasteiger partial charge in [0.15, 0.2) is 0 Å². The minimum Gasteiger partial charge on any atom is -0.339 e. The second kappa shape index (κ2) is 8.31. The van der Waals surface area contributed by atoms with Crippen molar-refractivity contribution in [2.24, 2.45) is 5.92 Å². The van der Waals surface area contributed by atoms with E-state index < -0.39 is 0 Å². The number of hydrogen-bond acceptors (Lipinski definition) is 3. The van der Waals surface area contributed by atoms with Crippen LogP contribution in [0, 0.1) is 5.92 Å². The molecule has 2 saturated heterocycles. The topological polar surface area (TPSA) is 53.5 Å². The summed E-state index contributed by atoms with van der Waals surface area (Å²) in [4.78, 5) is 33.8. The van der Waals surface area contributed by atoms with Crippen LogP contribution in [0.25, 0.3) is 0 Å². The highest BCUT2D eigenvalue weighted by atomic mass is 35.5. The molecule has 1 aromatic heterocycles. The van der Waals surface area contributed by atoms with E-state index in [9.17, 15) is 9.59 Å². The molecule has 5 nitrogen and oxygen atoms in total. The number of likely N-dealkylation sites (tertiary alicyclic amines) is 2. The smallest absolute Gasteiger partial charge is 0.272 e. The standard InChI is InChI=1S/C22H24ClN3O2/c23-18-8-6-16(7-9-18)14-21(27)26-12-3-4-17-15-25(13-10-20(17)26)22(28)19-5-1-2-11-24-19/h1-2,5-9,11,17,20H,3-4,10,12-15H2/t17-,20+/m1/s1. The fourth-order valence-corrected chi connectivity index (χ4v) is 4.55. The molecule has 2 aliphatic rings. The first-order valence-corrected chi connectivity index (χ1v) is 10.2. The van der Waals surface area contributed by atoms with Gasteiger partial charge in [-0.05, 0) is 55.0 Å². The third-order valence-corrected chi connectivity index (χ3v) is 6.08. The summed E-state index contributed by atoms with van der Waals surface area (Å²) in [5.74, 6) is 0.495. The van der Waals surface area contributed by atoms with Crippen molar-refractivity contribution in [3.05, 3.63) is 64.9 Å². The van der Waals surface area contributed by atoms with Gasteiger partial charge in [-0.25, -0.2) is 0 Å². The number of nitrogens with zero attached hydrogens (tertiary/aromatic N) is 3. The predicted molar refractivity (Wildman–Crippen MR) is 108 cm³/mol. The quantitative estimate of drug-likeness (QED) is 0.797. The highest BCUT2D eigenvalue weighted by Crippen LogP contribution is 2.31. The van der Waals surface area contributed by atoms with E-state index in [1.165, 1.54) is 0 Å². The van der Waals surface area contributed by atoms with Gasteiger partial charge in [0.25, 0.3) is 5.91 Å². The van der Waals surface area contributed by atoms with Crippen molar-refractivity contribution < 1.29 is 9.59 Å². The number of benzene rings is 1. The molecule has 2 atom stereocenters. The maximum Gasteiger partial charge on any atom is 0.272 e. The minimum atomic E-state index is -0.0105. The van der Waals surface area contributed by atoms with E-state index >= 15 is 0 Å². The molecule has 2 amide bonds. The van der Waals surface area contributed by atoms with Crippen LogP contribution in [0.4, 0.5) is 0 Å². The van der Waals surface area contributed by atoms with Crippen molar-refractivity contribution in [3.63, 3.8) is 0 Å². The summed E-state index contributed by atoms with van der Waals surface area (Å²) in [6.07, 6.45) is 4.92. The molecular weight excluding hydrogens is 374 g/mol. The van der Waals surface area contributed by atoms with Crippen LogP contribution in [-0.4, -0.2) is 52.3 Å². The number of fused-ring (bicyclic) bond motifs is 1. The van der Waals surface area contributed by atoms with Crippen LogP contribution >= 0.6 is 11.6 Å². The summed E-state index contributed by atoms with van der Waals surface area (Å²) in [6, 6.07) is 13.1. The summed E-state index contributed by atoms with van der Waals surface area (Å²) in [6.45, 7) is 2.17. The Bertz CT molecular complexity index is 841. The Kier molecular flexibility index (Phi) is 5.62. The van der Waals surface area contributed by atoms with Crippen LogP contribution in [0.5, 0.6) is 0 Å². The highest BCUT2D eigenvalue weighted by molar-refractivity contribution is 6.30. The lowest BCUT2D eigenvalue weighted by Gasteiger charge is -2.47. The van der Waals surface area contributed by atoms with E-state index in [1.54, 1.807) is 12.3 Å².